The Bertz CT molecular complexity index is 358. The third-order valence-corrected chi connectivity index (χ3v) is 2.57. The van der Waals surface area contributed by atoms with E-state index in [0.717, 1.165) is 13.0 Å². The third-order valence-electron chi connectivity index (χ3n) is 2.57. The van der Waals surface area contributed by atoms with Gasteiger partial charge in [-0.25, -0.2) is 14.4 Å². The lowest BCUT2D eigenvalue weighted by molar-refractivity contribution is 0.132. The fourth-order valence-electron chi connectivity index (χ4n) is 1.44. The highest BCUT2D eigenvalue weighted by Crippen LogP contribution is 2.12. The molecule has 0 unspecified atom stereocenters. The number of halogens is 1. The Labute approximate surface area is 108 Å². The predicted molar refractivity (Wildman–Crippen MR) is 70.1 cm³/mol. The number of anilines is 1. The maximum Gasteiger partial charge on any atom is 0.186 e. The van der Waals surface area contributed by atoms with E-state index in [9.17, 15) is 4.39 Å². The standard InChI is InChI=1S/C13H22FN3O/c1-4-11-12(14)13(17-9-16-11)15-6-8-18-7-5-10(2)3/h9-10H,4-8H2,1-3H3,(H,15,16,17). The molecular weight excluding hydrogens is 233 g/mol. The zero-order valence-electron chi connectivity index (χ0n) is 11.4. The first-order chi connectivity index (χ1) is 8.65. The molecule has 0 saturated heterocycles. The number of aryl methyl sites for hydroxylation is 1. The summed E-state index contributed by atoms with van der Waals surface area (Å²) in [6.45, 7) is 8.02. The summed E-state index contributed by atoms with van der Waals surface area (Å²) in [7, 11) is 0. The molecule has 1 rings (SSSR count). The van der Waals surface area contributed by atoms with Crippen molar-refractivity contribution in [2.45, 2.75) is 33.6 Å². The molecule has 0 aliphatic heterocycles. The zero-order chi connectivity index (χ0) is 13.4. The summed E-state index contributed by atoms with van der Waals surface area (Å²) < 4.78 is 19.2. The summed E-state index contributed by atoms with van der Waals surface area (Å²) >= 11 is 0. The summed E-state index contributed by atoms with van der Waals surface area (Å²) in [6.07, 6.45) is 2.99. The maximum absolute atomic E-state index is 13.7. The molecule has 0 aliphatic carbocycles. The molecule has 0 saturated carbocycles. The highest BCUT2D eigenvalue weighted by Gasteiger charge is 2.08. The molecule has 0 radical (unpaired) electrons. The van der Waals surface area contributed by atoms with Gasteiger partial charge in [-0.3, -0.25) is 0 Å². The van der Waals surface area contributed by atoms with E-state index in [1.54, 1.807) is 0 Å². The topological polar surface area (TPSA) is 47.0 Å². The normalized spacial score (nSPS) is 10.9. The van der Waals surface area contributed by atoms with Gasteiger partial charge in [0.1, 0.15) is 6.33 Å². The summed E-state index contributed by atoms with van der Waals surface area (Å²) in [4.78, 5) is 7.76. The number of hydrogen-bond donors (Lipinski definition) is 1. The highest BCUT2D eigenvalue weighted by atomic mass is 19.1. The lowest BCUT2D eigenvalue weighted by Crippen LogP contribution is -2.13. The van der Waals surface area contributed by atoms with Crippen molar-refractivity contribution in [3.8, 4) is 0 Å². The molecule has 1 aromatic rings. The van der Waals surface area contributed by atoms with Crippen LogP contribution in [-0.4, -0.2) is 29.7 Å². The molecule has 0 atom stereocenters. The van der Waals surface area contributed by atoms with Crippen molar-refractivity contribution in [1.82, 2.24) is 9.97 Å². The van der Waals surface area contributed by atoms with Gasteiger partial charge in [-0.1, -0.05) is 20.8 Å². The number of nitrogens with zero attached hydrogens (tertiary/aromatic N) is 2. The van der Waals surface area contributed by atoms with E-state index in [1.807, 2.05) is 6.92 Å². The fraction of sp³-hybridized carbons (Fsp3) is 0.692. The van der Waals surface area contributed by atoms with Crippen LogP contribution in [0.5, 0.6) is 0 Å². The third kappa shape index (κ3) is 4.96. The van der Waals surface area contributed by atoms with Gasteiger partial charge in [0.15, 0.2) is 11.6 Å². The van der Waals surface area contributed by atoms with Crippen LogP contribution in [0.2, 0.25) is 0 Å². The lowest BCUT2D eigenvalue weighted by Gasteiger charge is -2.09. The van der Waals surface area contributed by atoms with Crippen molar-refractivity contribution in [2.75, 3.05) is 25.1 Å². The fourth-order valence-corrected chi connectivity index (χ4v) is 1.44. The van der Waals surface area contributed by atoms with Crippen molar-refractivity contribution in [2.24, 2.45) is 5.92 Å². The number of aromatic nitrogens is 2. The summed E-state index contributed by atoms with van der Waals surface area (Å²) in [6, 6.07) is 0. The second kappa shape index (κ2) is 7.97. The van der Waals surface area contributed by atoms with Crippen LogP contribution in [0.15, 0.2) is 6.33 Å². The number of hydrogen-bond acceptors (Lipinski definition) is 4. The van der Waals surface area contributed by atoms with Gasteiger partial charge in [0, 0.05) is 13.2 Å². The molecule has 0 amide bonds. The molecule has 0 fully saturated rings. The van der Waals surface area contributed by atoms with Crippen LogP contribution < -0.4 is 5.32 Å². The van der Waals surface area contributed by atoms with E-state index in [1.165, 1.54) is 6.33 Å². The van der Waals surface area contributed by atoms with Gasteiger partial charge in [-0.05, 0) is 18.8 Å². The molecule has 0 aliphatic rings. The van der Waals surface area contributed by atoms with Gasteiger partial charge in [0.25, 0.3) is 0 Å². The maximum atomic E-state index is 13.7. The first-order valence-electron chi connectivity index (χ1n) is 6.46. The molecule has 4 nitrogen and oxygen atoms in total. The van der Waals surface area contributed by atoms with E-state index in [4.69, 9.17) is 4.74 Å². The number of rotatable bonds is 8. The molecular formula is C13H22FN3O. The van der Waals surface area contributed by atoms with Crippen molar-refractivity contribution in [3.05, 3.63) is 17.8 Å². The van der Waals surface area contributed by atoms with Crippen LogP contribution in [0.1, 0.15) is 32.9 Å². The minimum atomic E-state index is -0.359. The predicted octanol–water partition coefficient (Wildman–Crippen LogP) is 2.65. The second-order valence-electron chi connectivity index (χ2n) is 4.56. The van der Waals surface area contributed by atoms with E-state index in [-0.39, 0.29) is 11.6 Å². The Morgan fingerprint density at radius 3 is 2.78 bits per heavy atom. The van der Waals surface area contributed by atoms with Crippen molar-refractivity contribution >= 4 is 5.82 Å². The van der Waals surface area contributed by atoms with E-state index >= 15 is 0 Å². The summed E-state index contributed by atoms with van der Waals surface area (Å²) in [5.74, 6) is 0.542. The van der Waals surface area contributed by atoms with Gasteiger partial charge >= 0.3 is 0 Å². The van der Waals surface area contributed by atoms with Crippen molar-refractivity contribution in [1.29, 1.82) is 0 Å². The van der Waals surface area contributed by atoms with Crippen LogP contribution in [0.25, 0.3) is 0 Å². The van der Waals surface area contributed by atoms with Crippen LogP contribution in [-0.2, 0) is 11.2 Å². The molecule has 102 valence electrons. The SMILES string of the molecule is CCc1ncnc(NCCOCCC(C)C)c1F. The van der Waals surface area contributed by atoms with Crippen molar-refractivity contribution < 1.29 is 9.13 Å². The molecule has 18 heavy (non-hydrogen) atoms. The Morgan fingerprint density at radius 1 is 1.33 bits per heavy atom. The molecule has 0 aromatic carbocycles. The molecule has 0 bridgehead atoms. The highest BCUT2D eigenvalue weighted by molar-refractivity contribution is 5.37. The Morgan fingerprint density at radius 2 is 2.11 bits per heavy atom. The first-order valence-corrected chi connectivity index (χ1v) is 6.46. The summed E-state index contributed by atoms with van der Waals surface area (Å²) in [5.41, 5.74) is 0.438. The van der Waals surface area contributed by atoms with Gasteiger partial charge in [0.05, 0.1) is 12.3 Å². The van der Waals surface area contributed by atoms with Gasteiger partial charge < -0.3 is 10.1 Å². The monoisotopic (exact) mass is 255 g/mol. The Balaban J connectivity index is 2.27. The van der Waals surface area contributed by atoms with E-state index in [0.29, 0.717) is 31.2 Å². The largest absolute Gasteiger partial charge is 0.380 e. The van der Waals surface area contributed by atoms with Gasteiger partial charge in [0.2, 0.25) is 0 Å². The quantitative estimate of drug-likeness (QED) is 0.725. The van der Waals surface area contributed by atoms with E-state index in [2.05, 4.69) is 29.1 Å². The molecule has 1 heterocycles. The minimum Gasteiger partial charge on any atom is -0.380 e. The zero-order valence-corrected chi connectivity index (χ0v) is 11.4. The van der Waals surface area contributed by atoms with Gasteiger partial charge in [-0.15, -0.1) is 0 Å². The lowest BCUT2D eigenvalue weighted by atomic mass is 10.1. The Kier molecular flexibility index (Phi) is 6.57. The van der Waals surface area contributed by atoms with Crippen LogP contribution in [0.4, 0.5) is 10.2 Å². The molecule has 1 N–H and O–H groups in total. The average molecular weight is 255 g/mol. The Hall–Kier alpha value is -1.23. The molecule has 0 spiro atoms. The van der Waals surface area contributed by atoms with Crippen LogP contribution in [0.3, 0.4) is 0 Å². The average Bonchev–Trinajstić information content (AvgIpc) is 2.35. The van der Waals surface area contributed by atoms with Crippen molar-refractivity contribution in [3.63, 3.8) is 0 Å². The smallest absolute Gasteiger partial charge is 0.186 e. The number of ether oxygens (including phenoxy) is 1. The summed E-state index contributed by atoms with van der Waals surface area (Å²) in [5, 5.41) is 2.92. The molecule has 5 heteroatoms. The number of nitrogens with one attached hydrogen (secondary N) is 1. The van der Waals surface area contributed by atoms with E-state index < -0.39 is 0 Å². The second-order valence-corrected chi connectivity index (χ2v) is 4.56. The molecule has 1 aromatic heterocycles. The van der Waals surface area contributed by atoms with Crippen LogP contribution >= 0.6 is 0 Å². The van der Waals surface area contributed by atoms with Crippen LogP contribution in [0, 0.1) is 11.7 Å². The minimum absolute atomic E-state index is 0.259. The first kappa shape index (κ1) is 14.8. The van der Waals surface area contributed by atoms with Gasteiger partial charge in [-0.2, -0.15) is 0 Å².